The molecule has 0 aromatic heterocycles. The Morgan fingerprint density at radius 1 is 0.966 bits per heavy atom. The zero-order valence-corrected chi connectivity index (χ0v) is 16.9. The van der Waals surface area contributed by atoms with Gasteiger partial charge in [0, 0.05) is 17.8 Å². The third-order valence-electron chi connectivity index (χ3n) is 5.14. The molecule has 1 aliphatic rings. The molecule has 5 nitrogen and oxygen atoms in total. The van der Waals surface area contributed by atoms with E-state index in [4.69, 9.17) is 0 Å². The number of hydrogen-bond donors (Lipinski definition) is 1. The summed E-state index contributed by atoms with van der Waals surface area (Å²) in [7, 11) is -3.63. The van der Waals surface area contributed by atoms with Gasteiger partial charge in [0.2, 0.25) is 0 Å². The van der Waals surface area contributed by atoms with Crippen molar-refractivity contribution in [2.24, 2.45) is 0 Å². The summed E-state index contributed by atoms with van der Waals surface area (Å²) >= 11 is 0. The van der Waals surface area contributed by atoms with E-state index in [9.17, 15) is 13.2 Å². The van der Waals surface area contributed by atoms with Gasteiger partial charge in [0.1, 0.15) is 0 Å². The van der Waals surface area contributed by atoms with Crippen LogP contribution in [-0.4, -0.2) is 20.9 Å². The normalized spacial score (nSPS) is 13.6. The summed E-state index contributed by atoms with van der Waals surface area (Å²) in [5.41, 5.74) is 3.79. The molecule has 1 aliphatic heterocycles. The number of nitrogens with zero attached hydrogens (tertiary/aromatic N) is 1. The van der Waals surface area contributed by atoms with E-state index < -0.39 is 10.0 Å². The Hall–Kier alpha value is -3.12. The van der Waals surface area contributed by atoms with Gasteiger partial charge in [-0.25, -0.2) is 8.42 Å². The van der Waals surface area contributed by atoms with Gasteiger partial charge in [-0.3, -0.25) is 9.10 Å². The van der Waals surface area contributed by atoms with Crippen molar-refractivity contribution in [1.29, 1.82) is 0 Å². The summed E-state index contributed by atoms with van der Waals surface area (Å²) in [6.07, 6.45) is 1.45. The Bertz CT molecular complexity index is 1160. The lowest BCUT2D eigenvalue weighted by Gasteiger charge is -2.30. The van der Waals surface area contributed by atoms with Gasteiger partial charge in [0.25, 0.3) is 15.9 Å². The maximum atomic E-state index is 13.1. The fourth-order valence-corrected chi connectivity index (χ4v) is 5.14. The highest BCUT2D eigenvalue weighted by Gasteiger charge is 2.29. The number of aryl methyl sites for hydroxylation is 2. The lowest BCUT2D eigenvalue weighted by atomic mass is 10.0. The molecule has 1 N–H and O–H groups in total. The van der Waals surface area contributed by atoms with Gasteiger partial charge in [0.15, 0.2) is 0 Å². The van der Waals surface area contributed by atoms with Crippen LogP contribution in [-0.2, 0) is 16.4 Å². The molecule has 0 atom stereocenters. The van der Waals surface area contributed by atoms with Crippen molar-refractivity contribution >= 4 is 27.3 Å². The molecule has 0 unspecified atom stereocenters. The van der Waals surface area contributed by atoms with Crippen LogP contribution in [0.1, 0.15) is 27.9 Å². The highest BCUT2D eigenvalue weighted by Crippen LogP contribution is 2.33. The van der Waals surface area contributed by atoms with Crippen LogP contribution in [0, 0.1) is 6.92 Å². The molecule has 148 valence electrons. The van der Waals surface area contributed by atoms with Crippen molar-refractivity contribution in [2.45, 2.75) is 24.7 Å². The molecule has 0 bridgehead atoms. The van der Waals surface area contributed by atoms with Crippen molar-refractivity contribution in [3.8, 4) is 0 Å². The summed E-state index contributed by atoms with van der Waals surface area (Å²) in [5.74, 6) is -0.204. The molecule has 1 heterocycles. The van der Waals surface area contributed by atoms with Crippen molar-refractivity contribution in [3.05, 3.63) is 89.5 Å². The number of fused-ring (bicyclic) bond motifs is 1. The molecule has 4 rings (SSSR count). The molecule has 0 radical (unpaired) electrons. The van der Waals surface area contributed by atoms with Crippen LogP contribution in [0.25, 0.3) is 0 Å². The van der Waals surface area contributed by atoms with Crippen molar-refractivity contribution in [2.75, 3.05) is 16.2 Å². The zero-order chi connectivity index (χ0) is 20.4. The summed E-state index contributed by atoms with van der Waals surface area (Å²) in [6, 6.07) is 21.3. The second-order valence-electron chi connectivity index (χ2n) is 7.11. The molecule has 6 heteroatoms. The average Bonchev–Trinajstić information content (AvgIpc) is 2.75. The van der Waals surface area contributed by atoms with Crippen molar-refractivity contribution in [1.82, 2.24) is 0 Å². The van der Waals surface area contributed by atoms with E-state index in [1.807, 2.05) is 31.2 Å². The van der Waals surface area contributed by atoms with Crippen LogP contribution >= 0.6 is 0 Å². The largest absolute Gasteiger partial charge is 0.322 e. The Kier molecular flexibility index (Phi) is 5.11. The predicted octanol–water partition coefficient (Wildman–Crippen LogP) is 4.39. The smallest absolute Gasteiger partial charge is 0.264 e. The zero-order valence-electron chi connectivity index (χ0n) is 16.1. The first-order valence-corrected chi connectivity index (χ1v) is 11.0. The number of sulfonamides is 1. The lowest BCUT2D eigenvalue weighted by Crippen LogP contribution is -2.35. The number of carbonyl (C=O) groups is 1. The number of rotatable bonds is 4. The van der Waals surface area contributed by atoms with Gasteiger partial charge in [0.05, 0.1) is 10.6 Å². The summed E-state index contributed by atoms with van der Waals surface area (Å²) in [4.78, 5) is 13.0. The molecule has 0 saturated carbocycles. The maximum absolute atomic E-state index is 13.1. The molecule has 0 fully saturated rings. The molecule has 0 saturated heterocycles. The Morgan fingerprint density at radius 2 is 1.69 bits per heavy atom. The second kappa shape index (κ2) is 7.72. The van der Waals surface area contributed by atoms with Gasteiger partial charge in [-0.1, -0.05) is 36.4 Å². The lowest BCUT2D eigenvalue weighted by molar-refractivity contribution is 0.102. The highest BCUT2D eigenvalue weighted by atomic mass is 32.2. The van der Waals surface area contributed by atoms with Gasteiger partial charge < -0.3 is 5.32 Å². The SMILES string of the molecule is Cc1ccccc1NC(=O)c1ccc2c(c1)CCCN2S(=O)(=O)c1ccccc1. The first kappa shape index (κ1) is 19.2. The van der Waals surface area contributed by atoms with Crippen molar-refractivity contribution < 1.29 is 13.2 Å². The van der Waals surface area contributed by atoms with Gasteiger partial charge in [-0.2, -0.15) is 0 Å². The van der Waals surface area contributed by atoms with Crippen molar-refractivity contribution in [3.63, 3.8) is 0 Å². The summed E-state index contributed by atoms with van der Waals surface area (Å²) in [5, 5.41) is 2.93. The maximum Gasteiger partial charge on any atom is 0.264 e. The predicted molar refractivity (Wildman–Crippen MR) is 115 cm³/mol. The molecule has 3 aromatic carbocycles. The summed E-state index contributed by atoms with van der Waals surface area (Å²) < 4.78 is 27.6. The topological polar surface area (TPSA) is 66.5 Å². The second-order valence-corrected chi connectivity index (χ2v) is 8.97. The number of nitrogens with one attached hydrogen (secondary N) is 1. The van der Waals surface area contributed by atoms with E-state index in [1.54, 1.807) is 48.5 Å². The van der Waals surface area contributed by atoms with Gasteiger partial charge >= 0.3 is 0 Å². The standard InChI is InChI=1S/C23H22N2O3S/c1-17-8-5-6-12-21(17)24-23(26)19-13-14-22-18(16-19)9-7-15-25(22)29(27,28)20-10-3-2-4-11-20/h2-6,8,10-14,16H,7,9,15H2,1H3,(H,24,26). The van der Waals surface area contributed by atoms with E-state index >= 15 is 0 Å². The van der Waals surface area contributed by atoms with Crippen LogP contribution in [0.5, 0.6) is 0 Å². The molecule has 3 aromatic rings. The molecule has 29 heavy (non-hydrogen) atoms. The monoisotopic (exact) mass is 406 g/mol. The van der Waals surface area contributed by atoms with Crippen LogP contribution in [0.4, 0.5) is 11.4 Å². The first-order chi connectivity index (χ1) is 14.0. The Balaban J connectivity index is 1.64. The number of amides is 1. The molecule has 0 spiro atoms. The minimum atomic E-state index is -3.63. The third-order valence-corrected chi connectivity index (χ3v) is 6.97. The van der Waals surface area contributed by atoms with Gasteiger partial charge in [-0.15, -0.1) is 0 Å². The molecular weight excluding hydrogens is 384 g/mol. The molecule has 0 aliphatic carbocycles. The van der Waals surface area contributed by atoms with E-state index in [-0.39, 0.29) is 10.8 Å². The number of carbonyl (C=O) groups excluding carboxylic acids is 1. The Labute approximate surface area is 171 Å². The Morgan fingerprint density at radius 3 is 2.45 bits per heavy atom. The minimum Gasteiger partial charge on any atom is -0.322 e. The first-order valence-electron chi connectivity index (χ1n) is 9.54. The summed E-state index contributed by atoms with van der Waals surface area (Å²) in [6.45, 7) is 2.37. The third kappa shape index (κ3) is 3.76. The number of para-hydroxylation sites is 1. The van der Waals surface area contributed by atoms with Gasteiger partial charge in [-0.05, 0) is 67.3 Å². The molecule has 1 amide bonds. The van der Waals surface area contributed by atoms with E-state index in [0.717, 1.165) is 23.2 Å². The molecular formula is C23H22N2O3S. The number of hydrogen-bond acceptors (Lipinski definition) is 3. The van der Waals surface area contributed by atoms with Crippen LogP contribution in [0.2, 0.25) is 0 Å². The van der Waals surface area contributed by atoms with E-state index in [1.165, 1.54) is 4.31 Å². The van der Waals surface area contributed by atoms with Crippen LogP contribution < -0.4 is 9.62 Å². The van der Waals surface area contributed by atoms with Crippen LogP contribution in [0.15, 0.2) is 77.7 Å². The fraction of sp³-hybridized carbons (Fsp3) is 0.174. The highest BCUT2D eigenvalue weighted by molar-refractivity contribution is 7.92. The minimum absolute atomic E-state index is 0.204. The number of benzene rings is 3. The fourth-order valence-electron chi connectivity index (χ4n) is 3.58. The van der Waals surface area contributed by atoms with Crippen LogP contribution in [0.3, 0.4) is 0 Å². The number of anilines is 2. The van der Waals surface area contributed by atoms with E-state index in [0.29, 0.717) is 24.2 Å². The quantitative estimate of drug-likeness (QED) is 0.699. The average molecular weight is 407 g/mol. The van der Waals surface area contributed by atoms with E-state index in [2.05, 4.69) is 5.32 Å².